The predicted molar refractivity (Wildman–Crippen MR) is 66.3 cm³/mol. The van der Waals surface area contributed by atoms with Gasteiger partial charge in [0.15, 0.2) is 0 Å². The number of hydrogen-bond acceptors (Lipinski definition) is 2. The normalized spacial score (nSPS) is 10.8. The Kier molecular flexibility index (Phi) is 2.99. The van der Waals surface area contributed by atoms with Crippen molar-refractivity contribution in [2.24, 2.45) is 12.8 Å². The largest absolute Gasteiger partial charge is 0.331 e. The van der Waals surface area contributed by atoms with Crippen molar-refractivity contribution in [2.75, 3.05) is 0 Å². The maximum absolute atomic E-state index is 5.97. The second-order valence-electron chi connectivity index (χ2n) is 3.74. The van der Waals surface area contributed by atoms with Gasteiger partial charge in [-0.3, -0.25) is 0 Å². The van der Waals surface area contributed by atoms with Crippen molar-refractivity contribution in [1.29, 1.82) is 0 Å². The number of imidazole rings is 1. The van der Waals surface area contributed by atoms with Crippen LogP contribution in [-0.2, 0) is 13.6 Å². The monoisotopic (exact) mass is 235 g/mol. The van der Waals surface area contributed by atoms with Crippen molar-refractivity contribution in [3.63, 3.8) is 0 Å². The van der Waals surface area contributed by atoms with Crippen molar-refractivity contribution < 1.29 is 0 Å². The van der Waals surface area contributed by atoms with Gasteiger partial charge in [-0.05, 0) is 19.1 Å². The maximum Gasteiger partial charge on any atom is 0.140 e. The molecule has 0 fully saturated rings. The zero-order valence-electron chi connectivity index (χ0n) is 9.37. The highest BCUT2D eigenvalue weighted by molar-refractivity contribution is 6.30. The fourth-order valence-electron chi connectivity index (χ4n) is 1.72. The summed E-state index contributed by atoms with van der Waals surface area (Å²) in [6, 6.07) is 7.67. The molecule has 0 aliphatic carbocycles. The molecule has 0 radical (unpaired) electrons. The van der Waals surface area contributed by atoms with Gasteiger partial charge in [-0.25, -0.2) is 4.98 Å². The van der Waals surface area contributed by atoms with Gasteiger partial charge in [-0.15, -0.1) is 0 Å². The number of halogens is 1. The van der Waals surface area contributed by atoms with Gasteiger partial charge in [0.25, 0.3) is 0 Å². The minimum absolute atomic E-state index is 0.459. The lowest BCUT2D eigenvalue weighted by Gasteiger charge is -2.03. The van der Waals surface area contributed by atoms with Crippen LogP contribution in [0, 0.1) is 6.92 Å². The second-order valence-corrected chi connectivity index (χ2v) is 4.18. The van der Waals surface area contributed by atoms with E-state index in [1.54, 1.807) is 0 Å². The summed E-state index contributed by atoms with van der Waals surface area (Å²) in [6.07, 6.45) is 0. The third-order valence-electron chi connectivity index (χ3n) is 2.76. The lowest BCUT2D eigenvalue weighted by Crippen LogP contribution is -1.99. The first kappa shape index (κ1) is 11.2. The molecule has 2 aromatic rings. The molecule has 1 aromatic heterocycles. The highest BCUT2D eigenvalue weighted by Crippen LogP contribution is 2.23. The van der Waals surface area contributed by atoms with Crippen molar-refractivity contribution in [1.82, 2.24) is 9.55 Å². The van der Waals surface area contributed by atoms with Crippen LogP contribution in [-0.4, -0.2) is 9.55 Å². The van der Waals surface area contributed by atoms with Crippen LogP contribution < -0.4 is 5.73 Å². The van der Waals surface area contributed by atoms with E-state index in [9.17, 15) is 0 Å². The first-order valence-corrected chi connectivity index (χ1v) is 5.49. The van der Waals surface area contributed by atoms with E-state index in [4.69, 9.17) is 17.3 Å². The van der Waals surface area contributed by atoms with E-state index >= 15 is 0 Å². The summed E-state index contributed by atoms with van der Waals surface area (Å²) in [5.41, 5.74) is 8.67. The van der Waals surface area contributed by atoms with Gasteiger partial charge in [0, 0.05) is 29.9 Å². The van der Waals surface area contributed by atoms with Gasteiger partial charge < -0.3 is 10.3 Å². The summed E-state index contributed by atoms with van der Waals surface area (Å²) in [5, 5.41) is 0.715. The fraction of sp³-hybridized carbons (Fsp3) is 0.250. The minimum Gasteiger partial charge on any atom is -0.331 e. The fourth-order valence-corrected chi connectivity index (χ4v) is 1.91. The number of nitrogens with two attached hydrogens (primary N) is 1. The molecular weight excluding hydrogens is 222 g/mol. The molecule has 16 heavy (non-hydrogen) atoms. The third kappa shape index (κ3) is 1.84. The molecule has 0 aliphatic rings. The lowest BCUT2D eigenvalue weighted by molar-refractivity contribution is 0.873. The van der Waals surface area contributed by atoms with Gasteiger partial charge in [0.05, 0.1) is 5.69 Å². The zero-order chi connectivity index (χ0) is 11.7. The van der Waals surface area contributed by atoms with E-state index < -0.39 is 0 Å². The molecule has 2 rings (SSSR count). The standard InChI is InChI=1S/C12H14ClN3/c1-8-11(7-14)15-12(16(8)2)9-4-3-5-10(13)6-9/h3-6H,7,14H2,1-2H3. The molecule has 0 aliphatic heterocycles. The molecule has 0 atom stereocenters. The van der Waals surface area contributed by atoms with Crippen LogP contribution in [0.15, 0.2) is 24.3 Å². The summed E-state index contributed by atoms with van der Waals surface area (Å²) in [4.78, 5) is 4.52. The molecule has 0 spiro atoms. The molecule has 84 valence electrons. The van der Waals surface area contributed by atoms with Crippen LogP contribution in [0.5, 0.6) is 0 Å². The van der Waals surface area contributed by atoms with Gasteiger partial charge in [0.2, 0.25) is 0 Å². The van der Waals surface area contributed by atoms with E-state index in [0.29, 0.717) is 11.6 Å². The highest BCUT2D eigenvalue weighted by atomic mass is 35.5. The third-order valence-corrected chi connectivity index (χ3v) is 2.99. The predicted octanol–water partition coefficient (Wildman–Crippen LogP) is 2.51. The van der Waals surface area contributed by atoms with Gasteiger partial charge in [-0.1, -0.05) is 23.7 Å². The van der Waals surface area contributed by atoms with Crippen molar-refractivity contribution >= 4 is 11.6 Å². The van der Waals surface area contributed by atoms with Crippen LogP contribution in [0.4, 0.5) is 0 Å². The smallest absolute Gasteiger partial charge is 0.140 e. The Balaban J connectivity index is 2.56. The van der Waals surface area contributed by atoms with E-state index in [1.165, 1.54) is 0 Å². The van der Waals surface area contributed by atoms with E-state index in [2.05, 4.69) is 4.98 Å². The van der Waals surface area contributed by atoms with Crippen molar-refractivity contribution in [3.8, 4) is 11.4 Å². The summed E-state index contributed by atoms with van der Waals surface area (Å²) in [6.45, 7) is 2.48. The van der Waals surface area contributed by atoms with Crippen LogP contribution in [0.2, 0.25) is 5.02 Å². The Hall–Kier alpha value is -1.32. The first-order valence-electron chi connectivity index (χ1n) is 5.11. The highest BCUT2D eigenvalue weighted by Gasteiger charge is 2.11. The molecule has 1 heterocycles. The summed E-state index contributed by atoms with van der Waals surface area (Å²) in [7, 11) is 1.98. The average molecular weight is 236 g/mol. The number of nitrogens with zero attached hydrogens (tertiary/aromatic N) is 2. The Bertz CT molecular complexity index is 517. The summed E-state index contributed by atoms with van der Waals surface area (Å²) >= 11 is 5.97. The molecule has 2 N–H and O–H groups in total. The molecule has 4 heteroatoms. The zero-order valence-corrected chi connectivity index (χ0v) is 10.1. The van der Waals surface area contributed by atoms with E-state index in [1.807, 2.05) is 42.8 Å². The molecule has 0 amide bonds. The second kappa shape index (κ2) is 4.28. The number of hydrogen-bond donors (Lipinski definition) is 1. The maximum atomic E-state index is 5.97. The Labute approximate surface area is 99.9 Å². The van der Waals surface area contributed by atoms with Crippen LogP contribution >= 0.6 is 11.6 Å². The quantitative estimate of drug-likeness (QED) is 0.869. The molecule has 3 nitrogen and oxygen atoms in total. The summed E-state index contributed by atoms with van der Waals surface area (Å²) < 4.78 is 2.04. The minimum atomic E-state index is 0.459. The van der Waals surface area contributed by atoms with Gasteiger partial charge in [0.1, 0.15) is 5.82 Å². The van der Waals surface area contributed by atoms with Crippen LogP contribution in [0.1, 0.15) is 11.4 Å². The van der Waals surface area contributed by atoms with Crippen LogP contribution in [0.25, 0.3) is 11.4 Å². The first-order chi connectivity index (χ1) is 7.63. The molecule has 0 saturated carbocycles. The lowest BCUT2D eigenvalue weighted by atomic mass is 10.2. The molecule has 0 saturated heterocycles. The molecular formula is C12H14ClN3. The van der Waals surface area contributed by atoms with Gasteiger partial charge >= 0.3 is 0 Å². The SMILES string of the molecule is Cc1c(CN)nc(-c2cccc(Cl)c2)n1C. The Morgan fingerprint density at radius 3 is 2.75 bits per heavy atom. The van der Waals surface area contributed by atoms with Crippen molar-refractivity contribution in [3.05, 3.63) is 40.7 Å². The van der Waals surface area contributed by atoms with E-state index in [-0.39, 0.29) is 0 Å². The van der Waals surface area contributed by atoms with Crippen molar-refractivity contribution in [2.45, 2.75) is 13.5 Å². The Morgan fingerprint density at radius 1 is 1.44 bits per heavy atom. The number of rotatable bonds is 2. The molecule has 0 bridgehead atoms. The number of aromatic nitrogens is 2. The van der Waals surface area contributed by atoms with Crippen LogP contribution in [0.3, 0.4) is 0 Å². The average Bonchev–Trinajstić information content (AvgIpc) is 2.56. The van der Waals surface area contributed by atoms with Gasteiger partial charge in [-0.2, -0.15) is 0 Å². The molecule has 1 aromatic carbocycles. The Morgan fingerprint density at radius 2 is 2.19 bits per heavy atom. The number of benzene rings is 1. The van der Waals surface area contributed by atoms with E-state index in [0.717, 1.165) is 22.8 Å². The molecule has 0 unspecified atom stereocenters. The topological polar surface area (TPSA) is 43.8 Å². The summed E-state index contributed by atoms with van der Waals surface area (Å²) in [5.74, 6) is 0.903.